The topological polar surface area (TPSA) is 21.3 Å². The molecule has 0 aliphatic heterocycles. The number of hydrogen-bond acceptors (Lipinski definition) is 3. The number of rotatable bonds is 6. The van der Waals surface area contributed by atoms with Gasteiger partial charge in [0.25, 0.3) is 0 Å². The predicted molar refractivity (Wildman–Crippen MR) is 90.2 cm³/mol. The average Bonchev–Trinajstić information content (AvgIpc) is 2.90. The molecule has 2 nitrogen and oxygen atoms in total. The van der Waals surface area contributed by atoms with Gasteiger partial charge in [0, 0.05) is 17.8 Å². The third-order valence-corrected chi connectivity index (χ3v) is 4.43. The van der Waals surface area contributed by atoms with E-state index in [2.05, 4.69) is 54.0 Å². The molecule has 0 amide bonds. The molecule has 0 saturated carbocycles. The van der Waals surface area contributed by atoms with Gasteiger partial charge in [-0.15, -0.1) is 11.3 Å². The minimum atomic E-state index is 0.686. The van der Waals surface area contributed by atoms with Gasteiger partial charge in [0.1, 0.15) is 12.4 Å². The molecule has 0 spiro atoms. The van der Waals surface area contributed by atoms with E-state index in [0.717, 1.165) is 18.8 Å². The summed E-state index contributed by atoms with van der Waals surface area (Å²) in [5, 5.41) is 7.04. The number of ether oxygens (including phenoxy) is 1. The van der Waals surface area contributed by atoms with Gasteiger partial charge in [0.15, 0.2) is 0 Å². The Labute approximate surface area is 129 Å². The van der Waals surface area contributed by atoms with Gasteiger partial charge in [-0.2, -0.15) is 0 Å². The molecule has 1 N–H and O–H groups in total. The summed E-state index contributed by atoms with van der Waals surface area (Å²) in [6, 6.07) is 16.7. The fourth-order valence-corrected chi connectivity index (χ4v) is 3.30. The van der Waals surface area contributed by atoms with Crippen LogP contribution in [0.1, 0.15) is 11.1 Å². The van der Waals surface area contributed by atoms with Crippen LogP contribution >= 0.6 is 11.3 Å². The molecule has 1 aromatic heterocycles. The van der Waals surface area contributed by atoms with Gasteiger partial charge in [-0.25, -0.2) is 0 Å². The number of thiophene rings is 1. The lowest BCUT2D eigenvalue weighted by Gasteiger charge is -2.08. The van der Waals surface area contributed by atoms with Crippen LogP contribution in [0, 0.1) is 6.92 Å². The van der Waals surface area contributed by atoms with Gasteiger partial charge in [-0.1, -0.05) is 30.3 Å². The lowest BCUT2D eigenvalue weighted by atomic mass is 10.2. The zero-order chi connectivity index (χ0) is 14.5. The van der Waals surface area contributed by atoms with E-state index in [0.29, 0.717) is 6.61 Å². The van der Waals surface area contributed by atoms with Crippen LogP contribution in [-0.4, -0.2) is 13.2 Å². The zero-order valence-electron chi connectivity index (χ0n) is 12.1. The Morgan fingerprint density at radius 2 is 2.00 bits per heavy atom. The van der Waals surface area contributed by atoms with Crippen LogP contribution < -0.4 is 10.1 Å². The predicted octanol–water partition coefficient (Wildman–Crippen LogP) is 4.38. The molecule has 0 bridgehead atoms. The van der Waals surface area contributed by atoms with Crippen LogP contribution in [0.5, 0.6) is 5.75 Å². The standard InChI is InChI=1S/C18H19NOS/c1-14-5-4-6-16(11-14)20-10-9-19-12-15-13-21-18-8-3-2-7-17(15)18/h2-8,11,13,19H,9-10,12H2,1H3. The first-order chi connectivity index (χ1) is 10.3. The fourth-order valence-electron chi connectivity index (χ4n) is 2.34. The monoisotopic (exact) mass is 297 g/mol. The molecular formula is C18H19NOS. The Morgan fingerprint density at radius 1 is 1.10 bits per heavy atom. The molecule has 0 atom stereocenters. The maximum atomic E-state index is 5.73. The summed E-state index contributed by atoms with van der Waals surface area (Å²) in [4.78, 5) is 0. The van der Waals surface area contributed by atoms with Gasteiger partial charge in [0.2, 0.25) is 0 Å². The molecule has 3 rings (SSSR count). The van der Waals surface area contributed by atoms with E-state index in [9.17, 15) is 0 Å². The van der Waals surface area contributed by atoms with Crippen LogP contribution in [0.25, 0.3) is 10.1 Å². The second-order valence-electron chi connectivity index (χ2n) is 5.10. The van der Waals surface area contributed by atoms with Crippen LogP contribution in [0.2, 0.25) is 0 Å². The first kappa shape index (κ1) is 14.1. The molecular weight excluding hydrogens is 278 g/mol. The molecule has 3 heteroatoms. The number of hydrogen-bond donors (Lipinski definition) is 1. The highest BCUT2D eigenvalue weighted by atomic mass is 32.1. The third-order valence-electron chi connectivity index (χ3n) is 3.41. The molecule has 3 aromatic rings. The highest BCUT2D eigenvalue weighted by Crippen LogP contribution is 2.25. The minimum absolute atomic E-state index is 0.686. The third kappa shape index (κ3) is 3.63. The zero-order valence-corrected chi connectivity index (χ0v) is 13.0. The summed E-state index contributed by atoms with van der Waals surface area (Å²) in [6.45, 7) is 4.50. The van der Waals surface area contributed by atoms with E-state index in [-0.39, 0.29) is 0 Å². The molecule has 108 valence electrons. The molecule has 0 fully saturated rings. The van der Waals surface area contributed by atoms with Gasteiger partial charge in [-0.05, 0) is 47.0 Å². The minimum Gasteiger partial charge on any atom is -0.492 e. The van der Waals surface area contributed by atoms with E-state index < -0.39 is 0 Å². The van der Waals surface area contributed by atoms with Gasteiger partial charge in [-0.3, -0.25) is 0 Å². The van der Waals surface area contributed by atoms with Gasteiger partial charge < -0.3 is 10.1 Å². The van der Waals surface area contributed by atoms with Crippen molar-refractivity contribution < 1.29 is 4.74 Å². The maximum absolute atomic E-state index is 5.73. The Kier molecular flexibility index (Phi) is 4.53. The van der Waals surface area contributed by atoms with Crippen molar-refractivity contribution in [2.45, 2.75) is 13.5 Å². The van der Waals surface area contributed by atoms with Crippen molar-refractivity contribution in [1.82, 2.24) is 5.32 Å². The number of fused-ring (bicyclic) bond motifs is 1. The molecule has 2 aromatic carbocycles. The average molecular weight is 297 g/mol. The summed E-state index contributed by atoms with van der Waals surface area (Å²) in [6.07, 6.45) is 0. The highest BCUT2D eigenvalue weighted by Gasteiger charge is 2.02. The van der Waals surface area contributed by atoms with Gasteiger partial charge in [0.05, 0.1) is 0 Å². The van der Waals surface area contributed by atoms with Crippen molar-refractivity contribution in [3.05, 3.63) is 65.0 Å². The number of nitrogens with one attached hydrogen (secondary N) is 1. The molecule has 0 aliphatic rings. The molecule has 0 radical (unpaired) electrons. The fraction of sp³-hybridized carbons (Fsp3) is 0.222. The SMILES string of the molecule is Cc1cccc(OCCNCc2csc3ccccc23)c1. The van der Waals surface area contributed by atoms with E-state index in [4.69, 9.17) is 4.74 Å². The lowest BCUT2D eigenvalue weighted by molar-refractivity contribution is 0.313. The molecule has 21 heavy (non-hydrogen) atoms. The van der Waals surface area contributed by atoms with Crippen molar-refractivity contribution in [2.75, 3.05) is 13.2 Å². The van der Waals surface area contributed by atoms with Crippen LogP contribution in [-0.2, 0) is 6.54 Å². The van der Waals surface area contributed by atoms with Crippen molar-refractivity contribution in [3.8, 4) is 5.75 Å². The van der Waals surface area contributed by atoms with E-state index in [1.165, 1.54) is 21.2 Å². The largest absolute Gasteiger partial charge is 0.492 e. The smallest absolute Gasteiger partial charge is 0.119 e. The molecule has 0 aliphatic carbocycles. The van der Waals surface area contributed by atoms with Crippen LogP contribution in [0.4, 0.5) is 0 Å². The van der Waals surface area contributed by atoms with Crippen LogP contribution in [0.15, 0.2) is 53.9 Å². The lowest BCUT2D eigenvalue weighted by Crippen LogP contribution is -2.20. The Hall–Kier alpha value is -1.84. The Balaban J connectivity index is 1.46. The van der Waals surface area contributed by atoms with Crippen LogP contribution in [0.3, 0.4) is 0 Å². The second kappa shape index (κ2) is 6.74. The number of aryl methyl sites for hydroxylation is 1. The Bertz CT molecular complexity index is 720. The summed E-state index contributed by atoms with van der Waals surface area (Å²) < 4.78 is 7.09. The molecule has 0 unspecified atom stereocenters. The summed E-state index contributed by atoms with van der Waals surface area (Å²) in [7, 11) is 0. The number of benzene rings is 2. The van der Waals surface area contributed by atoms with E-state index in [1.54, 1.807) is 11.3 Å². The molecule has 1 heterocycles. The summed E-state index contributed by atoms with van der Waals surface area (Å²) in [5.41, 5.74) is 2.59. The van der Waals surface area contributed by atoms with Crippen molar-refractivity contribution in [2.24, 2.45) is 0 Å². The Morgan fingerprint density at radius 3 is 2.90 bits per heavy atom. The summed E-state index contributed by atoms with van der Waals surface area (Å²) in [5.74, 6) is 0.942. The van der Waals surface area contributed by atoms with Gasteiger partial charge >= 0.3 is 0 Å². The van der Waals surface area contributed by atoms with Crippen molar-refractivity contribution in [3.63, 3.8) is 0 Å². The first-order valence-corrected chi connectivity index (χ1v) is 8.06. The molecule has 0 saturated heterocycles. The van der Waals surface area contributed by atoms with Crippen molar-refractivity contribution in [1.29, 1.82) is 0 Å². The van der Waals surface area contributed by atoms with Crippen molar-refractivity contribution >= 4 is 21.4 Å². The quantitative estimate of drug-likeness (QED) is 0.682. The highest BCUT2D eigenvalue weighted by molar-refractivity contribution is 7.17. The van der Waals surface area contributed by atoms with E-state index in [1.807, 2.05) is 12.1 Å². The normalized spacial score (nSPS) is 10.9. The second-order valence-corrected chi connectivity index (χ2v) is 6.01. The van der Waals surface area contributed by atoms with E-state index >= 15 is 0 Å². The summed E-state index contributed by atoms with van der Waals surface area (Å²) >= 11 is 1.80. The maximum Gasteiger partial charge on any atom is 0.119 e. The first-order valence-electron chi connectivity index (χ1n) is 7.18.